The maximum absolute atomic E-state index is 11.6. The molecule has 0 aliphatic heterocycles. The Hall–Kier alpha value is -2.97. The van der Waals surface area contributed by atoms with E-state index >= 15 is 0 Å². The smallest absolute Gasteiger partial charge is 0.342 e. The van der Waals surface area contributed by atoms with Crippen LogP contribution in [0.4, 0.5) is 0 Å². The molecule has 1 aromatic heterocycles. The molecule has 0 bridgehead atoms. The fourth-order valence-corrected chi connectivity index (χ4v) is 3.14. The number of carboxylic acid groups (broad SMARTS) is 1. The number of aromatic hydroxyl groups is 1. The number of carbonyl (C=O) groups is 1. The first-order chi connectivity index (χ1) is 13.5. The number of benzene rings is 2. The van der Waals surface area contributed by atoms with Crippen molar-refractivity contribution in [3.63, 3.8) is 0 Å². The van der Waals surface area contributed by atoms with Crippen LogP contribution in [0, 0.1) is 0 Å². The summed E-state index contributed by atoms with van der Waals surface area (Å²) in [5, 5.41) is 27.0. The number of aromatic nitrogens is 3. The Labute approximate surface area is 170 Å². The van der Waals surface area contributed by atoms with E-state index in [1.165, 1.54) is 12.1 Å². The molecule has 144 valence electrons. The molecule has 0 aliphatic rings. The SMILES string of the molecule is CCOc1cc(/C=C(\Sc2n[nH]c(-c3ccc(Cl)cc3)n2)C(=O)O)ccc1O. The number of thioether (sulfide) groups is 1. The van der Waals surface area contributed by atoms with E-state index in [4.69, 9.17) is 16.3 Å². The van der Waals surface area contributed by atoms with Gasteiger partial charge in [-0.3, -0.25) is 5.10 Å². The van der Waals surface area contributed by atoms with Crippen molar-refractivity contribution in [2.75, 3.05) is 6.61 Å². The molecule has 0 saturated carbocycles. The molecular formula is C19H16ClN3O4S. The quantitative estimate of drug-likeness (QED) is 0.385. The van der Waals surface area contributed by atoms with Crippen LogP contribution in [-0.4, -0.2) is 38.0 Å². The van der Waals surface area contributed by atoms with Gasteiger partial charge >= 0.3 is 5.97 Å². The lowest BCUT2D eigenvalue weighted by molar-refractivity contribution is -0.131. The van der Waals surface area contributed by atoms with Crippen molar-refractivity contribution in [3.05, 3.63) is 58.0 Å². The number of nitrogens with one attached hydrogen (secondary N) is 1. The molecule has 3 aromatic rings. The molecule has 3 N–H and O–H groups in total. The van der Waals surface area contributed by atoms with Gasteiger partial charge in [0.05, 0.1) is 6.61 Å². The number of hydrogen-bond acceptors (Lipinski definition) is 6. The number of halogens is 1. The average Bonchev–Trinajstić information content (AvgIpc) is 3.13. The Balaban J connectivity index is 1.84. The topological polar surface area (TPSA) is 108 Å². The number of aliphatic carboxylic acids is 1. The van der Waals surface area contributed by atoms with Crippen molar-refractivity contribution in [1.82, 2.24) is 15.2 Å². The van der Waals surface area contributed by atoms with E-state index in [-0.39, 0.29) is 21.6 Å². The van der Waals surface area contributed by atoms with Crippen LogP contribution in [0.3, 0.4) is 0 Å². The summed E-state index contributed by atoms with van der Waals surface area (Å²) in [5.41, 5.74) is 1.35. The highest BCUT2D eigenvalue weighted by molar-refractivity contribution is 8.04. The van der Waals surface area contributed by atoms with E-state index in [1.807, 2.05) is 0 Å². The number of carboxylic acids is 1. The summed E-state index contributed by atoms with van der Waals surface area (Å²) in [6.45, 7) is 2.17. The maximum atomic E-state index is 11.6. The molecule has 0 atom stereocenters. The van der Waals surface area contributed by atoms with Gasteiger partial charge in [-0.25, -0.2) is 9.78 Å². The Bertz CT molecular complexity index is 1020. The monoisotopic (exact) mass is 417 g/mol. The minimum Gasteiger partial charge on any atom is -0.504 e. The first-order valence-electron chi connectivity index (χ1n) is 8.23. The third-order valence-corrected chi connectivity index (χ3v) is 4.71. The second-order valence-electron chi connectivity index (χ2n) is 5.55. The largest absolute Gasteiger partial charge is 0.504 e. The van der Waals surface area contributed by atoms with Crippen molar-refractivity contribution in [1.29, 1.82) is 0 Å². The second-order valence-corrected chi connectivity index (χ2v) is 6.99. The standard InChI is InChI=1S/C19H16ClN3O4S/c1-2-27-15-9-11(3-8-14(15)24)10-16(18(25)26)28-19-21-17(22-23-19)12-4-6-13(20)7-5-12/h3-10,24H,2H2,1H3,(H,25,26)(H,21,22,23)/b16-10-. The normalized spacial score (nSPS) is 11.4. The molecule has 1 heterocycles. The number of H-pyrrole nitrogens is 1. The summed E-state index contributed by atoms with van der Waals surface area (Å²) in [6, 6.07) is 11.7. The molecule has 7 nitrogen and oxygen atoms in total. The fourth-order valence-electron chi connectivity index (χ4n) is 2.31. The third-order valence-electron chi connectivity index (χ3n) is 3.58. The number of nitrogens with zero attached hydrogens (tertiary/aromatic N) is 2. The molecule has 0 radical (unpaired) electrons. The van der Waals surface area contributed by atoms with Crippen LogP contribution in [0.2, 0.25) is 5.02 Å². The van der Waals surface area contributed by atoms with Crippen LogP contribution in [0.25, 0.3) is 17.5 Å². The first-order valence-corrected chi connectivity index (χ1v) is 9.42. The molecule has 0 amide bonds. The van der Waals surface area contributed by atoms with E-state index in [0.29, 0.717) is 23.0 Å². The molecule has 0 saturated heterocycles. The van der Waals surface area contributed by atoms with Crippen molar-refractivity contribution in [3.8, 4) is 22.9 Å². The summed E-state index contributed by atoms with van der Waals surface area (Å²) in [6.07, 6.45) is 1.47. The van der Waals surface area contributed by atoms with Crippen LogP contribution in [0.15, 0.2) is 52.5 Å². The summed E-state index contributed by atoms with van der Waals surface area (Å²) < 4.78 is 5.33. The van der Waals surface area contributed by atoms with Crippen LogP contribution < -0.4 is 4.74 Å². The lowest BCUT2D eigenvalue weighted by Gasteiger charge is -2.07. The number of ether oxygens (including phenoxy) is 1. The number of phenolic OH excluding ortho intramolecular Hbond substituents is 1. The second kappa shape index (κ2) is 8.81. The molecule has 28 heavy (non-hydrogen) atoms. The van der Waals surface area contributed by atoms with E-state index in [2.05, 4.69) is 15.2 Å². The van der Waals surface area contributed by atoms with Gasteiger partial charge in [0.2, 0.25) is 5.16 Å². The predicted octanol–water partition coefficient (Wildman–Crippen LogP) is 4.45. The van der Waals surface area contributed by atoms with Crippen molar-refractivity contribution in [2.45, 2.75) is 12.1 Å². The molecule has 9 heteroatoms. The molecular weight excluding hydrogens is 402 g/mol. The maximum Gasteiger partial charge on any atom is 0.342 e. The highest BCUT2D eigenvalue weighted by atomic mass is 35.5. The number of rotatable bonds is 7. The minimum absolute atomic E-state index is 0.00916. The van der Waals surface area contributed by atoms with Crippen LogP contribution in [-0.2, 0) is 4.79 Å². The van der Waals surface area contributed by atoms with Gasteiger partial charge in [0.15, 0.2) is 17.3 Å². The van der Waals surface area contributed by atoms with Crippen molar-refractivity contribution < 1.29 is 19.7 Å². The Morgan fingerprint density at radius 2 is 2.04 bits per heavy atom. The lowest BCUT2D eigenvalue weighted by Crippen LogP contribution is -1.98. The van der Waals surface area contributed by atoms with Crippen LogP contribution >= 0.6 is 23.4 Å². The average molecular weight is 418 g/mol. The minimum atomic E-state index is -1.12. The predicted molar refractivity (Wildman–Crippen MR) is 108 cm³/mol. The van der Waals surface area contributed by atoms with Gasteiger partial charge in [-0.15, -0.1) is 5.10 Å². The molecule has 0 aliphatic carbocycles. The first kappa shape index (κ1) is 19.8. The van der Waals surface area contributed by atoms with Crippen molar-refractivity contribution in [2.24, 2.45) is 0 Å². The molecule has 0 fully saturated rings. The Kier molecular flexibility index (Phi) is 6.23. The molecule has 3 rings (SSSR count). The van der Waals surface area contributed by atoms with E-state index in [1.54, 1.807) is 43.3 Å². The van der Waals surface area contributed by atoms with Crippen LogP contribution in [0.5, 0.6) is 11.5 Å². The summed E-state index contributed by atoms with van der Waals surface area (Å²) in [5.74, 6) is -0.333. The number of aromatic amines is 1. The van der Waals surface area contributed by atoms with Crippen LogP contribution in [0.1, 0.15) is 12.5 Å². The summed E-state index contributed by atoms with van der Waals surface area (Å²) >= 11 is 6.79. The van der Waals surface area contributed by atoms with E-state index in [0.717, 1.165) is 17.3 Å². The highest BCUT2D eigenvalue weighted by Crippen LogP contribution is 2.31. The summed E-state index contributed by atoms with van der Waals surface area (Å²) in [4.78, 5) is 16.0. The number of phenols is 1. The van der Waals surface area contributed by atoms with E-state index in [9.17, 15) is 15.0 Å². The molecule has 0 unspecified atom stereocenters. The van der Waals surface area contributed by atoms with Gasteiger partial charge in [0, 0.05) is 10.6 Å². The van der Waals surface area contributed by atoms with Gasteiger partial charge in [0.25, 0.3) is 0 Å². The van der Waals surface area contributed by atoms with Gasteiger partial charge in [-0.2, -0.15) is 0 Å². The van der Waals surface area contributed by atoms with Gasteiger partial charge < -0.3 is 14.9 Å². The van der Waals surface area contributed by atoms with Gasteiger partial charge in [0.1, 0.15) is 4.91 Å². The van der Waals surface area contributed by atoms with E-state index < -0.39 is 5.97 Å². The van der Waals surface area contributed by atoms with Gasteiger partial charge in [-0.1, -0.05) is 17.7 Å². The van der Waals surface area contributed by atoms with Crippen molar-refractivity contribution >= 4 is 35.4 Å². The molecule has 2 aromatic carbocycles. The zero-order valence-corrected chi connectivity index (χ0v) is 16.3. The summed E-state index contributed by atoms with van der Waals surface area (Å²) in [7, 11) is 0. The highest BCUT2D eigenvalue weighted by Gasteiger charge is 2.15. The third kappa shape index (κ3) is 4.85. The fraction of sp³-hybridized carbons (Fsp3) is 0.105. The molecule has 0 spiro atoms. The number of hydrogen-bond donors (Lipinski definition) is 3. The van der Waals surface area contributed by atoms with Gasteiger partial charge in [-0.05, 0) is 66.7 Å². The zero-order valence-electron chi connectivity index (χ0n) is 14.7. The Morgan fingerprint density at radius 1 is 1.29 bits per heavy atom. The lowest BCUT2D eigenvalue weighted by atomic mass is 10.2. The zero-order chi connectivity index (χ0) is 20.1. The Morgan fingerprint density at radius 3 is 2.71 bits per heavy atom.